The van der Waals surface area contributed by atoms with Gasteiger partial charge in [-0.25, -0.2) is 0 Å². The van der Waals surface area contributed by atoms with Crippen molar-refractivity contribution in [1.29, 1.82) is 0 Å². The van der Waals surface area contributed by atoms with Crippen LogP contribution in [0, 0.1) is 0 Å². The lowest BCUT2D eigenvalue weighted by molar-refractivity contribution is -0.117. The largest absolute Gasteiger partial charge is 0.493 e. The minimum atomic E-state index is -0.150. The van der Waals surface area contributed by atoms with Gasteiger partial charge in [0.2, 0.25) is 5.91 Å². The predicted molar refractivity (Wildman–Crippen MR) is 105 cm³/mol. The quantitative estimate of drug-likeness (QED) is 0.748. The molecule has 1 N–H and O–H groups in total. The zero-order valence-corrected chi connectivity index (χ0v) is 15.7. The van der Waals surface area contributed by atoms with Gasteiger partial charge in [-0.2, -0.15) is 0 Å². The second-order valence-corrected chi connectivity index (χ2v) is 6.18. The van der Waals surface area contributed by atoms with E-state index in [4.69, 9.17) is 14.2 Å². The standard InChI is InChI=1S/C22H25NO4/c1-3-18(17-9-11-20-21(15-17)27-14-13-26-20)23-22(24)12-10-16-7-5-6-8-19(16)25-4-2/h5-12,15,18H,3-4,13-14H2,1-2H3,(H,23,24). The molecule has 1 aliphatic rings. The molecule has 27 heavy (non-hydrogen) atoms. The molecule has 1 atom stereocenters. The Morgan fingerprint density at radius 2 is 1.93 bits per heavy atom. The highest BCUT2D eigenvalue weighted by Gasteiger charge is 2.17. The summed E-state index contributed by atoms with van der Waals surface area (Å²) in [5.74, 6) is 2.09. The molecule has 1 unspecified atom stereocenters. The number of carbonyl (C=O) groups excluding carboxylic acids is 1. The zero-order chi connectivity index (χ0) is 19.1. The number of fused-ring (bicyclic) bond motifs is 1. The van der Waals surface area contributed by atoms with Gasteiger partial charge in [0.05, 0.1) is 12.6 Å². The van der Waals surface area contributed by atoms with Gasteiger partial charge in [0.1, 0.15) is 19.0 Å². The molecule has 0 fully saturated rings. The van der Waals surface area contributed by atoms with Crippen LogP contribution in [-0.4, -0.2) is 25.7 Å². The minimum absolute atomic E-state index is 0.0971. The van der Waals surface area contributed by atoms with Crippen LogP contribution in [0.4, 0.5) is 0 Å². The highest BCUT2D eigenvalue weighted by atomic mass is 16.6. The maximum atomic E-state index is 12.4. The van der Waals surface area contributed by atoms with Crippen molar-refractivity contribution >= 4 is 12.0 Å². The Balaban J connectivity index is 1.69. The molecule has 0 radical (unpaired) electrons. The lowest BCUT2D eigenvalue weighted by Gasteiger charge is -2.22. The number of nitrogens with one attached hydrogen (secondary N) is 1. The van der Waals surface area contributed by atoms with Crippen LogP contribution in [0.1, 0.15) is 37.4 Å². The van der Waals surface area contributed by atoms with E-state index in [0.717, 1.165) is 34.8 Å². The first kappa shape index (κ1) is 18.8. The van der Waals surface area contributed by atoms with Gasteiger partial charge in [0.15, 0.2) is 11.5 Å². The first-order valence-corrected chi connectivity index (χ1v) is 9.31. The van der Waals surface area contributed by atoms with Crippen LogP contribution >= 0.6 is 0 Å². The van der Waals surface area contributed by atoms with Crippen molar-refractivity contribution in [1.82, 2.24) is 5.32 Å². The number of hydrogen-bond donors (Lipinski definition) is 1. The van der Waals surface area contributed by atoms with Gasteiger partial charge >= 0.3 is 0 Å². The first-order valence-electron chi connectivity index (χ1n) is 9.31. The van der Waals surface area contributed by atoms with Crippen LogP contribution in [0.25, 0.3) is 6.08 Å². The summed E-state index contributed by atoms with van der Waals surface area (Å²) in [4.78, 5) is 12.4. The fourth-order valence-electron chi connectivity index (χ4n) is 2.99. The molecule has 1 aliphatic heterocycles. The number of hydrogen-bond acceptors (Lipinski definition) is 4. The molecule has 142 valence electrons. The lowest BCUT2D eigenvalue weighted by atomic mass is 10.0. The monoisotopic (exact) mass is 367 g/mol. The number of amides is 1. The van der Waals surface area contributed by atoms with Crippen molar-refractivity contribution < 1.29 is 19.0 Å². The fourth-order valence-corrected chi connectivity index (χ4v) is 2.99. The topological polar surface area (TPSA) is 56.8 Å². The normalized spacial score (nSPS) is 14.0. The summed E-state index contributed by atoms with van der Waals surface area (Å²) in [7, 11) is 0. The Bertz CT molecular complexity index is 816. The zero-order valence-electron chi connectivity index (χ0n) is 15.7. The molecule has 0 saturated heterocycles. The third-order valence-electron chi connectivity index (χ3n) is 4.33. The highest BCUT2D eigenvalue weighted by molar-refractivity contribution is 5.92. The van der Waals surface area contributed by atoms with E-state index in [1.807, 2.05) is 56.3 Å². The van der Waals surface area contributed by atoms with Gasteiger partial charge in [0.25, 0.3) is 0 Å². The van der Waals surface area contributed by atoms with Crippen LogP contribution in [-0.2, 0) is 4.79 Å². The SMILES string of the molecule is CCOc1ccccc1C=CC(=O)NC(CC)c1ccc2c(c1)OCCO2. The third-order valence-corrected chi connectivity index (χ3v) is 4.33. The fraction of sp³-hybridized carbons (Fsp3) is 0.318. The number of benzene rings is 2. The Kier molecular flexibility index (Phi) is 6.36. The van der Waals surface area contributed by atoms with E-state index in [-0.39, 0.29) is 11.9 Å². The van der Waals surface area contributed by atoms with E-state index in [1.165, 1.54) is 0 Å². The van der Waals surface area contributed by atoms with Crippen LogP contribution in [0.5, 0.6) is 17.2 Å². The molecule has 5 nitrogen and oxygen atoms in total. The third kappa shape index (κ3) is 4.82. The van der Waals surface area contributed by atoms with Gasteiger partial charge in [0, 0.05) is 11.6 Å². The van der Waals surface area contributed by atoms with Crippen molar-refractivity contribution in [3.63, 3.8) is 0 Å². The molecule has 0 aliphatic carbocycles. The van der Waals surface area contributed by atoms with Gasteiger partial charge in [-0.1, -0.05) is 31.2 Å². The summed E-state index contributed by atoms with van der Waals surface area (Å²) >= 11 is 0. The van der Waals surface area contributed by atoms with Gasteiger partial charge in [-0.05, 0) is 43.2 Å². The van der Waals surface area contributed by atoms with Gasteiger partial charge in [-0.3, -0.25) is 4.79 Å². The molecule has 1 heterocycles. The van der Waals surface area contributed by atoms with Crippen molar-refractivity contribution in [2.24, 2.45) is 0 Å². The molecule has 0 saturated carbocycles. The predicted octanol–water partition coefficient (Wildman–Crippen LogP) is 4.14. The van der Waals surface area contributed by atoms with Crippen molar-refractivity contribution in [3.05, 3.63) is 59.7 Å². The van der Waals surface area contributed by atoms with E-state index in [2.05, 4.69) is 5.32 Å². The van der Waals surface area contributed by atoms with Crippen LogP contribution < -0.4 is 19.5 Å². The molecule has 3 rings (SSSR count). The first-order chi connectivity index (χ1) is 13.2. The molecular weight excluding hydrogens is 342 g/mol. The molecule has 5 heteroatoms. The van der Waals surface area contributed by atoms with E-state index in [9.17, 15) is 4.79 Å². The van der Waals surface area contributed by atoms with Crippen molar-refractivity contribution in [2.75, 3.05) is 19.8 Å². The summed E-state index contributed by atoms with van der Waals surface area (Å²) < 4.78 is 16.8. The summed E-state index contributed by atoms with van der Waals surface area (Å²) in [6.07, 6.45) is 4.09. The smallest absolute Gasteiger partial charge is 0.244 e. The summed E-state index contributed by atoms with van der Waals surface area (Å²) in [6.45, 7) is 5.66. The Labute approximate surface area is 159 Å². The van der Waals surface area contributed by atoms with E-state index < -0.39 is 0 Å². The Hall–Kier alpha value is -2.95. The summed E-state index contributed by atoms with van der Waals surface area (Å²) in [6, 6.07) is 13.4. The summed E-state index contributed by atoms with van der Waals surface area (Å²) in [5, 5.41) is 3.05. The minimum Gasteiger partial charge on any atom is -0.493 e. The Morgan fingerprint density at radius 1 is 1.15 bits per heavy atom. The van der Waals surface area contributed by atoms with Crippen LogP contribution in [0.2, 0.25) is 0 Å². The second kappa shape index (κ2) is 9.12. The highest BCUT2D eigenvalue weighted by Crippen LogP contribution is 2.33. The number of carbonyl (C=O) groups is 1. The molecule has 1 amide bonds. The lowest BCUT2D eigenvalue weighted by Crippen LogP contribution is -2.26. The van der Waals surface area contributed by atoms with E-state index >= 15 is 0 Å². The van der Waals surface area contributed by atoms with E-state index in [1.54, 1.807) is 12.2 Å². The van der Waals surface area contributed by atoms with Crippen LogP contribution in [0.15, 0.2) is 48.5 Å². The molecule has 0 aromatic heterocycles. The number of rotatable bonds is 7. The molecule has 2 aromatic carbocycles. The number of para-hydroxylation sites is 1. The summed E-state index contributed by atoms with van der Waals surface area (Å²) in [5.41, 5.74) is 1.88. The second-order valence-electron chi connectivity index (χ2n) is 6.18. The van der Waals surface area contributed by atoms with Crippen molar-refractivity contribution in [2.45, 2.75) is 26.3 Å². The molecule has 2 aromatic rings. The maximum Gasteiger partial charge on any atom is 0.244 e. The van der Waals surface area contributed by atoms with Gasteiger partial charge in [-0.15, -0.1) is 0 Å². The van der Waals surface area contributed by atoms with Gasteiger partial charge < -0.3 is 19.5 Å². The molecule has 0 bridgehead atoms. The van der Waals surface area contributed by atoms with Crippen molar-refractivity contribution in [3.8, 4) is 17.2 Å². The van der Waals surface area contributed by atoms with Crippen LogP contribution in [0.3, 0.4) is 0 Å². The Morgan fingerprint density at radius 3 is 2.70 bits per heavy atom. The average molecular weight is 367 g/mol. The van der Waals surface area contributed by atoms with E-state index in [0.29, 0.717) is 19.8 Å². The maximum absolute atomic E-state index is 12.4. The molecule has 0 spiro atoms. The molecular formula is C22H25NO4. The number of ether oxygens (including phenoxy) is 3. The average Bonchev–Trinajstić information content (AvgIpc) is 2.71.